The highest BCUT2D eigenvalue weighted by Gasteiger charge is 2.36. The molecule has 1 fully saturated rings. The Hall–Kier alpha value is -1.69. The minimum Gasteiger partial charge on any atom is -0.463 e. The van der Waals surface area contributed by atoms with E-state index >= 15 is 0 Å². The SMILES string of the molecule is CCOC(=O)C=CC(=O)N1CC(N)C1=O. The maximum atomic E-state index is 11.2. The second-order valence-corrected chi connectivity index (χ2v) is 2.98. The maximum absolute atomic E-state index is 11.2. The third-order valence-corrected chi connectivity index (χ3v) is 1.88. The zero-order valence-corrected chi connectivity index (χ0v) is 8.30. The molecule has 0 aromatic rings. The second kappa shape index (κ2) is 4.70. The molecule has 1 saturated heterocycles. The summed E-state index contributed by atoms with van der Waals surface area (Å²) < 4.78 is 4.57. The van der Waals surface area contributed by atoms with Gasteiger partial charge in [0, 0.05) is 12.2 Å². The molecule has 2 N–H and O–H groups in total. The molecule has 2 amide bonds. The van der Waals surface area contributed by atoms with E-state index < -0.39 is 23.8 Å². The Morgan fingerprint density at radius 1 is 1.60 bits per heavy atom. The first-order valence-electron chi connectivity index (χ1n) is 4.52. The quantitative estimate of drug-likeness (QED) is 0.360. The normalized spacial score (nSPS) is 20.3. The molecular weight excluding hydrogens is 200 g/mol. The van der Waals surface area contributed by atoms with Gasteiger partial charge >= 0.3 is 5.97 Å². The lowest BCUT2D eigenvalue weighted by Gasteiger charge is -2.33. The Balaban J connectivity index is 2.43. The number of β-lactam (4-membered cyclic amide) rings is 1. The fourth-order valence-electron chi connectivity index (χ4n) is 1.07. The number of likely N-dealkylation sites (tertiary alicyclic amines) is 1. The number of hydrogen-bond acceptors (Lipinski definition) is 5. The Labute approximate surface area is 86.7 Å². The van der Waals surface area contributed by atoms with Crippen molar-refractivity contribution < 1.29 is 19.1 Å². The molecule has 6 heteroatoms. The van der Waals surface area contributed by atoms with Gasteiger partial charge in [0.15, 0.2) is 0 Å². The monoisotopic (exact) mass is 212 g/mol. The van der Waals surface area contributed by atoms with Gasteiger partial charge in [0.05, 0.1) is 13.2 Å². The number of nitrogens with zero attached hydrogens (tertiary/aromatic N) is 1. The summed E-state index contributed by atoms with van der Waals surface area (Å²) >= 11 is 0. The first-order valence-corrected chi connectivity index (χ1v) is 4.52. The van der Waals surface area contributed by atoms with Crippen molar-refractivity contribution in [2.45, 2.75) is 13.0 Å². The average molecular weight is 212 g/mol. The van der Waals surface area contributed by atoms with Gasteiger partial charge < -0.3 is 10.5 Å². The lowest BCUT2D eigenvalue weighted by atomic mass is 10.1. The van der Waals surface area contributed by atoms with Crippen LogP contribution >= 0.6 is 0 Å². The Bertz CT molecular complexity index is 324. The molecule has 1 aliphatic heterocycles. The molecule has 15 heavy (non-hydrogen) atoms. The molecule has 1 rings (SSSR count). The van der Waals surface area contributed by atoms with Crippen molar-refractivity contribution in [3.05, 3.63) is 12.2 Å². The summed E-state index contributed by atoms with van der Waals surface area (Å²) in [7, 11) is 0. The van der Waals surface area contributed by atoms with E-state index in [0.29, 0.717) is 0 Å². The number of hydrogen-bond donors (Lipinski definition) is 1. The van der Waals surface area contributed by atoms with Gasteiger partial charge in [-0.1, -0.05) is 0 Å². The van der Waals surface area contributed by atoms with E-state index in [2.05, 4.69) is 4.74 Å². The van der Waals surface area contributed by atoms with Crippen molar-refractivity contribution in [1.29, 1.82) is 0 Å². The smallest absolute Gasteiger partial charge is 0.330 e. The van der Waals surface area contributed by atoms with E-state index in [1.165, 1.54) is 0 Å². The van der Waals surface area contributed by atoms with Crippen molar-refractivity contribution in [3.8, 4) is 0 Å². The molecule has 0 radical (unpaired) electrons. The Morgan fingerprint density at radius 3 is 2.73 bits per heavy atom. The summed E-state index contributed by atoms with van der Waals surface area (Å²) in [6.45, 7) is 2.10. The molecule has 0 bridgehead atoms. The summed E-state index contributed by atoms with van der Waals surface area (Å²) in [6, 6.07) is -0.593. The van der Waals surface area contributed by atoms with Crippen molar-refractivity contribution in [2.75, 3.05) is 13.2 Å². The Kier molecular flexibility index (Phi) is 3.56. The standard InChI is InChI=1S/C9H12N2O4/c1-2-15-8(13)4-3-7(12)11-5-6(10)9(11)14/h3-4,6H,2,5,10H2,1H3. The van der Waals surface area contributed by atoms with E-state index in [-0.39, 0.29) is 13.2 Å². The number of amides is 2. The highest BCUT2D eigenvalue weighted by Crippen LogP contribution is 2.08. The van der Waals surface area contributed by atoms with Crippen molar-refractivity contribution in [2.24, 2.45) is 5.73 Å². The largest absolute Gasteiger partial charge is 0.463 e. The van der Waals surface area contributed by atoms with Crippen molar-refractivity contribution in [1.82, 2.24) is 4.90 Å². The van der Waals surface area contributed by atoms with Crippen molar-refractivity contribution >= 4 is 17.8 Å². The number of nitrogens with two attached hydrogens (primary N) is 1. The summed E-state index contributed by atoms with van der Waals surface area (Å²) in [5.41, 5.74) is 5.29. The van der Waals surface area contributed by atoms with Gasteiger partial charge in [-0.15, -0.1) is 0 Å². The molecule has 0 aromatic carbocycles. The van der Waals surface area contributed by atoms with Crippen LogP contribution in [-0.4, -0.2) is 41.9 Å². The zero-order chi connectivity index (χ0) is 11.4. The first-order chi connectivity index (χ1) is 7.06. The van der Waals surface area contributed by atoms with Crippen LogP contribution in [0, 0.1) is 0 Å². The third-order valence-electron chi connectivity index (χ3n) is 1.88. The van der Waals surface area contributed by atoms with Crippen molar-refractivity contribution in [3.63, 3.8) is 0 Å². The maximum Gasteiger partial charge on any atom is 0.330 e. The fraction of sp³-hybridized carbons (Fsp3) is 0.444. The number of ether oxygens (including phenoxy) is 1. The molecule has 0 saturated carbocycles. The lowest BCUT2D eigenvalue weighted by molar-refractivity contribution is -0.151. The van der Waals surface area contributed by atoms with Crippen LogP contribution in [0.15, 0.2) is 12.2 Å². The molecule has 1 heterocycles. The van der Waals surface area contributed by atoms with E-state index in [4.69, 9.17) is 5.73 Å². The highest BCUT2D eigenvalue weighted by molar-refractivity contribution is 6.08. The van der Waals surface area contributed by atoms with E-state index in [1.54, 1.807) is 6.92 Å². The molecule has 82 valence electrons. The molecular formula is C9H12N2O4. The van der Waals surface area contributed by atoms with Gasteiger partial charge in [-0.25, -0.2) is 4.79 Å². The number of carbonyl (C=O) groups is 3. The van der Waals surface area contributed by atoms with E-state index in [1.807, 2.05) is 0 Å². The predicted molar refractivity (Wildman–Crippen MR) is 50.5 cm³/mol. The lowest BCUT2D eigenvalue weighted by Crippen LogP contribution is -2.62. The molecule has 0 aromatic heterocycles. The minimum atomic E-state index is -0.608. The topological polar surface area (TPSA) is 89.7 Å². The molecule has 0 spiro atoms. The summed E-state index contributed by atoms with van der Waals surface area (Å²) in [4.78, 5) is 34.1. The van der Waals surface area contributed by atoms with Gasteiger partial charge in [0.2, 0.25) is 5.91 Å². The fourth-order valence-corrected chi connectivity index (χ4v) is 1.07. The number of imide groups is 1. The predicted octanol–water partition coefficient (Wildman–Crippen LogP) is -1.20. The van der Waals surface area contributed by atoms with Gasteiger partial charge in [-0.2, -0.15) is 0 Å². The summed E-state index contributed by atoms with van der Waals surface area (Å²) in [5.74, 6) is -1.58. The number of rotatable bonds is 3. The van der Waals surface area contributed by atoms with Crippen LogP contribution in [0.3, 0.4) is 0 Å². The number of carbonyl (C=O) groups excluding carboxylic acids is 3. The molecule has 1 aliphatic rings. The zero-order valence-electron chi connectivity index (χ0n) is 8.30. The highest BCUT2D eigenvalue weighted by atomic mass is 16.5. The van der Waals surface area contributed by atoms with E-state index in [0.717, 1.165) is 17.1 Å². The van der Waals surface area contributed by atoms with Crippen LogP contribution in [0.4, 0.5) is 0 Å². The third kappa shape index (κ3) is 2.63. The van der Waals surface area contributed by atoms with Crippen LogP contribution in [-0.2, 0) is 19.1 Å². The summed E-state index contributed by atoms with van der Waals surface area (Å²) in [6.07, 6.45) is 1.99. The van der Waals surface area contributed by atoms with Crippen LogP contribution in [0.25, 0.3) is 0 Å². The minimum absolute atomic E-state index is 0.199. The molecule has 0 aliphatic carbocycles. The van der Waals surface area contributed by atoms with Crippen LogP contribution in [0.5, 0.6) is 0 Å². The first kappa shape index (κ1) is 11.4. The van der Waals surface area contributed by atoms with Gasteiger partial charge in [-0.3, -0.25) is 14.5 Å². The second-order valence-electron chi connectivity index (χ2n) is 2.98. The Morgan fingerprint density at radius 2 is 2.27 bits per heavy atom. The van der Waals surface area contributed by atoms with Crippen LogP contribution in [0.1, 0.15) is 6.92 Å². The van der Waals surface area contributed by atoms with Gasteiger partial charge in [0.25, 0.3) is 5.91 Å². The number of esters is 1. The average Bonchev–Trinajstić information content (AvgIpc) is 2.22. The molecule has 1 unspecified atom stereocenters. The van der Waals surface area contributed by atoms with Gasteiger partial charge in [0.1, 0.15) is 6.04 Å². The van der Waals surface area contributed by atoms with Crippen LogP contribution in [0.2, 0.25) is 0 Å². The summed E-state index contributed by atoms with van der Waals surface area (Å²) in [5, 5.41) is 0. The van der Waals surface area contributed by atoms with Crippen LogP contribution < -0.4 is 5.73 Å². The molecule has 1 atom stereocenters. The van der Waals surface area contributed by atoms with E-state index in [9.17, 15) is 14.4 Å². The molecule has 6 nitrogen and oxygen atoms in total. The van der Waals surface area contributed by atoms with Gasteiger partial charge in [-0.05, 0) is 6.92 Å².